The van der Waals surface area contributed by atoms with Crippen molar-refractivity contribution in [2.75, 3.05) is 65.9 Å². The zero-order valence-electron chi connectivity index (χ0n) is 48.3. The Morgan fingerprint density at radius 1 is 0.556 bits per heavy atom. The van der Waals surface area contributed by atoms with Crippen molar-refractivity contribution in [2.45, 2.75) is 150 Å². The molecule has 0 spiro atoms. The van der Waals surface area contributed by atoms with Crippen LogP contribution in [0.1, 0.15) is 109 Å². The lowest BCUT2D eigenvalue weighted by molar-refractivity contribution is -0.144. The van der Waals surface area contributed by atoms with Crippen molar-refractivity contribution in [1.82, 2.24) is 41.0 Å². The number of unbranched alkanes of at least 4 members (excludes halogenated alkanes) is 2. The van der Waals surface area contributed by atoms with Crippen molar-refractivity contribution in [3.63, 3.8) is 0 Å². The van der Waals surface area contributed by atoms with E-state index in [1.807, 2.05) is 115 Å². The lowest BCUT2D eigenvalue weighted by Crippen LogP contribution is -2.58. The smallest absolute Gasteiger partial charge is 0.246 e. The Balaban J connectivity index is 0.773. The summed E-state index contributed by atoms with van der Waals surface area (Å²) in [6.07, 6.45) is 2.19. The van der Waals surface area contributed by atoms with E-state index >= 15 is 0 Å². The number of likely N-dealkylation sites (tertiary alicyclic amines) is 2. The normalized spacial score (nSPS) is 18.1. The van der Waals surface area contributed by atoms with Crippen LogP contribution in [0.2, 0.25) is 0 Å². The summed E-state index contributed by atoms with van der Waals surface area (Å²) in [5.41, 5.74) is 8.00. The topological polar surface area (TPSA) is 260 Å². The predicted octanol–water partition coefficient (Wildman–Crippen LogP) is 5.49. The fraction of sp³-hybridized carbons (Fsp3) is 0.593. The van der Waals surface area contributed by atoms with E-state index in [2.05, 4.69) is 31.2 Å². The third-order valence-corrected chi connectivity index (χ3v) is 16.1. The molecule has 6 amide bonds. The van der Waals surface area contributed by atoms with Gasteiger partial charge in [0.05, 0.1) is 44.4 Å². The van der Waals surface area contributed by atoms with Crippen LogP contribution in [0.3, 0.4) is 0 Å². The van der Waals surface area contributed by atoms with Gasteiger partial charge in [-0.1, -0.05) is 90.1 Å². The molecule has 4 heterocycles. The number of β-amino-alcohol motifs (C(OH)–C–C–N with tert-alkyl or cyclic N) is 2. The zero-order chi connectivity index (χ0) is 58.7. The summed E-state index contributed by atoms with van der Waals surface area (Å²) in [6, 6.07) is 12.0. The van der Waals surface area contributed by atoms with E-state index in [-0.39, 0.29) is 77.3 Å². The van der Waals surface area contributed by atoms with Crippen LogP contribution in [0.15, 0.2) is 59.6 Å². The van der Waals surface area contributed by atoms with E-state index in [4.69, 9.17) is 18.9 Å². The standard InChI is InChI=1S/C59H84N8O12S2/c1-38-50(80-36-62-38)42-18-14-40(15-19-42)30-60-54(72)46-28-44(68)32-66(46)56(74)52(58(3,4)5)64-48(70)34-78-26-12-24-76-22-10-9-11-23-77-25-13-27-79-35-49(71)65-53(59(6,7)8)57(75)67-33-45(69)29-47(67)55(73)61-31-41-16-20-43(21-17-41)51-39(2)63-37-81-51/h14-21,36-37,44-47,52-53,68-69H,9-13,22-35H2,1-8H3,(H,60,72)(H,61,73)(H,64,70)(H,65,71)/t44-,45-,46+,47+,52?,53?/m1/s1. The van der Waals surface area contributed by atoms with Gasteiger partial charge in [0.15, 0.2) is 0 Å². The first kappa shape index (κ1) is 64.4. The minimum absolute atomic E-state index is 0.0190. The van der Waals surface area contributed by atoms with Gasteiger partial charge >= 0.3 is 0 Å². The van der Waals surface area contributed by atoms with Gasteiger partial charge in [-0.05, 0) is 79.0 Å². The highest BCUT2D eigenvalue weighted by molar-refractivity contribution is 7.13. The van der Waals surface area contributed by atoms with E-state index in [9.17, 15) is 39.0 Å². The Hall–Kier alpha value is -5.72. The Bertz CT molecular complexity index is 2490. The molecule has 2 fully saturated rings. The van der Waals surface area contributed by atoms with Crippen molar-refractivity contribution in [3.05, 3.63) is 82.1 Å². The summed E-state index contributed by atoms with van der Waals surface area (Å²) in [7, 11) is 0. The van der Waals surface area contributed by atoms with Crippen molar-refractivity contribution in [2.24, 2.45) is 10.8 Å². The first-order valence-corrected chi connectivity index (χ1v) is 29.8. The number of carbonyl (C=O) groups excluding carboxylic acids is 6. The summed E-state index contributed by atoms with van der Waals surface area (Å²) in [5, 5.41) is 32.6. The largest absolute Gasteiger partial charge is 0.391 e. The van der Waals surface area contributed by atoms with Crippen LogP contribution >= 0.6 is 22.7 Å². The van der Waals surface area contributed by atoms with Crippen LogP contribution in [0.5, 0.6) is 0 Å². The number of aryl methyl sites for hydroxylation is 2. The second-order valence-corrected chi connectivity index (χ2v) is 24.7. The molecule has 2 aromatic heterocycles. The van der Waals surface area contributed by atoms with Gasteiger partial charge in [-0.25, -0.2) is 9.97 Å². The van der Waals surface area contributed by atoms with Gasteiger partial charge in [-0.15, -0.1) is 22.7 Å². The Labute approximate surface area is 484 Å². The second kappa shape index (κ2) is 31.1. The molecule has 2 aliphatic rings. The van der Waals surface area contributed by atoms with E-state index < -0.39 is 70.8 Å². The molecule has 20 nitrogen and oxygen atoms in total. The molecule has 444 valence electrons. The average molecular weight is 1160 g/mol. The molecule has 0 bridgehead atoms. The highest BCUT2D eigenvalue weighted by Crippen LogP contribution is 2.31. The summed E-state index contributed by atoms with van der Waals surface area (Å²) in [6.45, 7) is 17.5. The number of hydrogen-bond acceptors (Lipinski definition) is 16. The maximum Gasteiger partial charge on any atom is 0.246 e. The van der Waals surface area contributed by atoms with Crippen molar-refractivity contribution >= 4 is 58.1 Å². The second-order valence-electron chi connectivity index (χ2n) is 23.0. The molecule has 4 aromatic rings. The van der Waals surface area contributed by atoms with Crippen molar-refractivity contribution < 1.29 is 57.9 Å². The Morgan fingerprint density at radius 3 is 1.26 bits per heavy atom. The van der Waals surface area contributed by atoms with Gasteiger partial charge in [0.25, 0.3) is 0 Å². The minimum atomic E-state index is -0.961. The third kappa shape index (κ3) is 19.7. The van der Waals surface area contributed by atoms with Crippen LogP contribution in [-0.4, -0.2) is 168 Å². The van der Waals surface area contributed by atoms with Gasteiger partial charge in [0.1, 0.15) is 37.4 Å². The molecule has 0 aliphatic carbocycles. The number of hydrogen-bond donors (Lipinski definition) is 6. The monoisotopic (exact) mass is 1160 g/mol. The van der Waals surface area contributed by atoms with E-state index in [0.717, 1.165) is 62.7 Å². The summed E-state index contributed by atoms with van der Waals surface area (Å²) < 4.78 is 22.7. The van der Waals surface area contributed by atoms with Gasteiger partial charge in [-0.2, -0.15) is 0 Å². The van der Waals surface area contributed by atoms with Crippen LogP contribution in [-0.2, 0) is 60.8 Å². The highest BCUT2D eigenvalue weighted by atomic mass is 32.1. The van der Waals surface area contributed by atoms with Gasteiger partial charge in [0.2, 0.25) is 35.4 Å². The fourth-order valence-electron chi connectivity index (χ4n) is 9.61. The van der Waals surface area contributed by atoms with E-state index in [0.29, 0.717) is 39.3 Å². The van der Waals surface area contributed by atoms with E-state index in [1.165, 1.54) is 9.80 Å². The lowest BCUT2D eigenvalue weighted by Gasteiger charge is -2.35. The number of benzene rings is 2. The van der Waals surface area contributed by atoms with Crippen molar-refractivity contribution in [1.29, 1.82) is 0 Å². The molecule has 2 saturated heterocycles. The number of thiazole rings is 2. The molecule has 6 rings (SSSR count). The quantitative estimate of drug-likeness (QED) is 0.0353. The maximum atomic E-state index is 14.0. The minimum Gasteiger partial charge on any atom is -0.391 e. The summed E-state index contributed by atoms with van der Waals surface area (Å²) >= 11 is 3.14. The molecule has 6 N–H and O–H groups in total. The lowest BCUT2D eigenvalue weighted by atomic mass is 9.85. The number of ether oxygens (including phenoxy) is 4. The van der Waals surface area contributed by atoms with Gasteiger partial charge in [0, 0.05) is 78.7 Å². The molecule has 6 atom stereocenters. The summed E-state index contributed by atoms with van der Waals surface area (Å²) in [5.74, 6) is -2.56. The maximum absolute atomic E-state index is 14.0. The molecule has 2 aromatic carbocycles. The third-order valence-electron chi connectivity index (χ3n) is 14.1. The zero-order valence-corrected chi connectivity index (χ0v) is 49.9. The first-order valence-electron chi connectivity index (χ1n) is 28.0. The van der Waals surface area contributed by atoms with Crippen molar-refractivity contribution in [3.8, 4) is 20.9 Å². The number of aliphatic hydroxyl groups excluding tert-OH is 2. The molecule has 0 saturated carbocycles. The number of nitrogens with zero attached hydrogens (tertiary/aromatic N) is 4. The first-order chi connectivity index (χ1) is 38.6. The molecule has 0 radical (unpaired) electrons. The molecule has 81 heavy (non-hydrogen) atoms. The van der Waals surface area contributed by atoms with Crippen LogP contribution < -0.4 is 21.3 Å². The summed E-state index contributed by atoms with van der Waals surface area (Å²) in [4.78, 5) is 94.4. The van der Waals surface area contributed by atoms with E-state index in [1.54, 1.807) is 22.7 Å². The molecular weight excluding hydrogens is 1080 g/mol. The molecule has 2 aliphatic heterocycles. The molecule has 2 unspecified atom stereocenters. The van der Waals surface area contributed by atoms with Crippen LogP contribution in [0.4, 0.5) is 0 Å². The van der Waals surface area contributed by atoms with Gasteiger partial charge in [-0.3, -0.25) is 28.8 Å². The predicted molar refractivity (Wildman–Crippen MR) is 310 cm³/mol. The highest BCUT2D eigenvalue weighted by Gasteiger charge is 2.46. The molecular formula is C59H84N8O12S2. The number of amides is 6. The number of aromatic nitrogens is 2. The molecule has 22 heteroatoms. The average Bonchev–Trinajstić information content (AvgIpc) is 4.26. The van der Waals surface area contributed by atoms with Crippen LogP contribution in [0, 0.1) is 24.7 Å². The number of rotatable bonds is 30. The van der Waals surface area contributed by atoms with Crippen LogP contribution in [0.25, 0.3) is 20.9 Å². The Kier molecular flexibility index (Phi) is 24.7. The number of nitrogens with one attached hydrogen (secondary N) is 4. The SMILES string of the molecule is Cc1ncsc1-c1ccc(CNC(=O)[C@@H]2C[C@@H](O)CN2C(=O)C(NC(=O)COCCCOCCCCCOCCCOCC(=O)NC(C(=O)N2C[C@H](O)C[C@H]2C(=O)NCc2ccc(-c3scnc3C)cc2)C(C)(C)C)C(C)(C)C)cc1. The number of aliphatic hydroxyl groups is 2. The van der Waals surface area contributed by atoms with Gasteiger partial charge < -0.3 is 60.2 Å². The fourth-order valence-corrected chi connectivity index (χ4v) is 11.2. The Morgan fingerprint density at radius 2 is 0.914 bits per heavy atom. The number of carbonyl (C=O) groups is 6.